The minimum Gasteiger partial charge on any atom is -0.355 e. The summed E-state index contributed by atoms with van der Waals surface area (Å²) in [6.07, 6.45) is 2.57. The Morgan fingerprint density at radius 3 is 2.34 bits per heavy atom. The average Bonchev–Trinajstić information content (AvgIpc) is 3.27. The van der Waals surface area contributed by atoms with E-state index in [0.29, 0.717) is 18.7 Å². The number of carbonyl (C=O) groups excluding carboxylic acids is 2. The first kappa shape index (κ1) is 22.5. The summed E-state index contributed by atoms with van der Waals surface area (Å²) in [5.41, 5.74) is 4.62. The van der Waals surface area contributed by atoms with Gasteiger partial charge in [-0.05, 0) is 57.7 Å². The summed E-state index contributed by atoms with van der Waals surface area (Å²) < 4.78 is 5.60. The van der Waals surface area contributed by atoms with Crippen LogP contribution in [0, 0.1) is 20.8 Å². The van der Waals surface area contributed by atoms with Gasteiger partial charge in [-0.2, -0.15) is 0 Å². The van der Waals surface area contributed by atoms with Gasteiger partial charge in [-0.15, -0.1) is 0 Å². The molecule has 2 aliphatic heterocycles. The molecule has 1 atom stereocenters. The van der Waals surface area contributed by atoms with E-state index in [1.807, 2.05) is 18.7 Å². The molecule has 4 rings (SSSR count). The number of amides is 2. The number of piperidine rings is 1. The molecule has 172 valence electrons. The average molecular weight is 439 g/mol. The zero-order valence-electron chi connectivity index (χ0n) is 19.7. The number of likely N-dealkylation sites (N-methyl/N-ethyl adjacent to an activating group) is 1. The van der Waals surface area contributed by atoms with E-state index in [1.54, 1.807) is 11.0 Å². The van der Waals surface area contributed by atoms with Gasteiger partial charge in [-0.1, -0.05) is 29.8 Å². The van der Waals surface area contributed by atoms with E-state index in [2.05, 4.69) is 36.0 Å². The Labute approximate surface area is 190 Å². The van der Waals surface area contributed by atoms with Gasteiger partial charge in [0.25, 0.3) is 5.91 Å². The first-order valence-corrected chi connectivity index (χ1v) is 11.8. The molecule has 2 amide bonds. The van der Waals surface area contributed by atoms with Crippen LogP contribution in [-0.4, -0.2) is 77.0 Å². The highest BCUT2D eigenvalue weighted by atomic mass is 16.5. The highest BCUT2D eigenvalue weighted by molar-refractivity contribution is 5.97. The number of piperazine rings is 1. The Bertz CT molecular complexity index is 968. The number of aryl methyl sites for hydroxylation is 3. The largest absolute Gasteiger partial charge is 0.355 e. The third-order valence-corrected chi connectivity index (χ3v) is 6.83. The lowest BCUT2D eigenvalue weighted by Crippen LogP contribution is -2.57. The van der Waals surface area contributed by atoms with Crippen molar-refractivity contribution >= 4 is 11.8 Å². The Morgan fingerprint density at radius 1 is 1.00 bits per heavy atom. The molecule has 0 radical (unpaired) electrons. The molecule has 2 aromatic rings. The molecule has 0 spiro atoms. The van der Waals surface area contributed by atoms with Crippen molar-refractivity contribution < 1.29 is 14.1 Å². The van der Waals surface area contributed by atoms with Crippen molar-refractivity contribution in [2.45, 2.75) is 53.0 Å². The Hall–Kier alpha value is -2.67. The van der Waals surface area contributed by atoms with Gasteiger partial charge in [0.05, 0.1) is 0 Å². The number of hydrogen-bond donors (Lipinski definition) is 0. The van der Waals surface area contributed by atoms with Gasteiger partial charge in [0.1, 0.15) is 6.04 Å². The van der Waals surface area contributed by atoms with Crippen LogP contribution in [0.15, 0.2) is 22.7 Å². The smallest absolute Gasteiger partial charge is 0.276 e. The van der Waals surface area contributed by atoms with Crippen LogP contribution in [0.1, 0.15) is 53.4 Å². The number of likely N-dealkylation sites (tertiary alicyclic amines) is 1. The van der Waals surface area contributed by atoms with Crippen LogP contribution in [0.25, 0.3) is 11.3 Å². The topological polar surface area (TPSA) is 69.9 Å². The molecule has 1 aromatic heterocycles. The summed E-state index contributed by atoms with van der Waals surface area (Å²) in [7, 11) is 0. The minimum atomic E-state index is -0.410. The SMILES string of the molecule is CCN1CCN(C(=O)C2CCCCN2C(=O)c2cc(-c3c(C)cc(C)cc3C)on2)CC1. The van der Waals surface area contributed by atoms with Gasteiger partial charge in [-0.3, -0.25) is 9.59 Å². The maximum absolute atomic E-state index is 13.4. The van der Waals surface area contributed by atoms with Gasteiger partial charge in [0.2, 0.25) is 5.91 Å². The maximum atomic E-state index is 13.4. The van der Waals surface area contributed by atoms with Crippen LogP contribution in [0.4, 0.5) is 0 Å². The maximum Gasteiger partial charge on any atom is 0.276 e. The number of carbonyl (C=O) groups is 2. The van der Waals surface area contributed by atoms with Crippen LogP contribution in [0.2, 0.25) is 0 Å². The molecule has 0 aliphatic carbocycles. The second-order valence-corrected chi connectivity index (χ2v) is 9.12. The molecule has 1 unspecified atom stereocenters. The molecule has 7 heteroatoms. The molecule has 0 N–H and O–H groups in total. The van der Waals surface area contributed by atoms with E-state index in [-0.39, 0.29) is 17.5 Å². The lowest BCUT2D eigenvalue weighted by molar-refractivity contribution is -0.139. The summed E-state index contributed by atoms with van der Waals surface area (Å²) >= 11 is 0. The van der Waals surface area contributed by atoms with E-state index < -0.39 is 6.04 Å². The molecular formula is C25H34N4O3. The second-order valence-electron chi connectivity index (χ2n) is 9.12. The summed E-state index contributed by atoms with van der Waals surface area (Å²) in [6.45, 7) is 13.1. The van der Waals surface area contributed by atoms with Crippen molar-refractivity contribution in [1.82, 2.24) is 19.9 Å². The molecule has 3 heterocycles. The molecule has 2 aliphatic rings. The predicted octanol–water partition coefficient (Wildman–Crippen LogP) is 3.43. The number of rotatable bonds is 4. The first-order valence-electron chi connectivity index (χ1n) is 11.8. The molecule has 7 nitrogen and oxygen atoms in total. The van der Waals surface area contributed by atoms with Crippen LogP contribution in [0.3, 0.4) is 0 Å². The predicted molar refractivity (Wildman–Crippen MR) is 124 cm³/mol. The van der Waals surface area contributed by atoms with Crippen molar-refractivity contribution in [1.29, 1.82) is 0 Å². The summed E-state index contributed by atoms with van der Waals surface area (Å²) in [5.74, 6) is 0.453. The molecular weight excluding hydrogens is 404 g/mol. The van der Waals surface area contributed by atoms with Crippen molar-refractivity contribution in [3.05, 3.63) is 40.6 Å². The van der Waals surface area contributed by atoms with Crippen molar-refractivity contribution in [2.75, 3.05) is 39.3 Å². The molecule has 0 bridgehead atoms. The number of aromatic nitrogens is 1. The van der Waals surface area contributed by atoms with Gasteiger partial charge < -0.3 is 19.2 Å². The van der Waals surface area contributed by atoms with E-state index in [4.69, 9.17) is 4.52 Å². The normalized spacial score (nSPS) is 19.9. The number of benzene rings is 1. The van der Waals surface area contributed by atoms with Gasteiger partial charge in [-0.25, -0.2) is 0 Å². The second kappa shape index (κ2) is 9.45. The summed E-state index contributed by atoms with van der Waals surface area (Å²) in [5, 5.41) is 4.10. The van der Waals surface area contributed by atoms with Crippen molar-refractivity contribution in [3.63, 3.8) is 0 Å². The van der Waals surface area contributed by atoms with Crippen molar-refractivity contribution in [2.24, 2.45) is 0 Å². The van der Waals surface area contributed by atoms with Gasteiger partial charge >= 0.3 is 0 Å². The zero-order chi connectivity index (χ0) is 22.8. The summed E-state index contributed by atoms with van der Waals surface area (Å²) in [4.78, 5) is 32.7. The Balaban J connectivity index is 1.53. The van der Waals surface area contributed by atoms with Gasteiger partial charge in [0, 0.05) is 44.4 Å². The van der Waals surface area contributed by atoms with E-state index in [0.717, 1.165) is 62.3 Å². The summed E-state index contributed by atoms with van der Waals surface area (Å²) in [6, 6.07) is 5.52. The Morgan fingerprint density at radius 2 is 1.69 bits per heavy atom. The molecule has 1 aromatic carbocycles. The number of nitrogens with zero attached hydrogens (tertiary/aromatic N) is 4. The highest BCUT2D eigenvalue weighted by Gasteiger charge is 2.37. The fourth-order valence-electron chi connectivity index (χ4n) is 5.14. The fourth-order valence-corrected chi connectivity index (χ4v) is 5.14. The van der Waals surface area contributed by atoms with Gasteiger partial charge in [0.15, 0.2) is 11.5 Å². The van der Waals surface area contributed by atoms with Crippen molar-refractivity contribution in [3.8, 4) is 11.3 Å². The minimum absolute atomic E-state index is 0.0720. The number of hydrogen-bond acceptors (Lipinski definition) is 5. The van der Waals surface area contributed by atoms with Crippen LogP contribution in [0.5, 0.6) is 0 Å². The third-order valence-electron chi connectivity index (χ3n) is 6.83. The standard InChI is InChI=1S/C25H34N4O3/c1-5-27-10-12-28(13-11-27)25(31)21-8-6-7-9-29(21)24(30)20-16-22(32-26-20)23-18(3)14-17(2)15-19(23)4/h14-16,21H,5-13H2,1-4H3. The lowest BCUT2D eigenvalue weighted by atomic mass is 9.97. The fraction of sp³-hybridized carbons (Fsp3) is 0.560. The van der Waals surface area contributed by atoms with Crippen LogP contribution < -0.4 is 0 Å². The van der Waals surface area contributed by atoms with Crippen LogP contribution >= 0.6 is 0 Å². The molecule has 0 saturated carbocycles. The molecule has 2 saturated heterocycles. The molecule has 32 heavy (non-hydrogen) atoms. The highest BCUT2D eigenvalue weighted by Crippen LogP contribution is 2.30. The van der Waals surface area contributed by atoms with Crippen LogP contribution in [-0.2, 0) is 4.79 Å². The molecule has 2 fully saturated rings. The van der Waals surface area contributed by atoms with E-state index >= 15 is 0 Å². The zero-order valence-corrected chi connectivity index (χ0v) is 19.7. The third kappa shape index (κ3) is 4.44. The van der Waals surface area contributed by atoms with E-state index in [1.165, 1.54) is 5.56 Å². The monoisotopic (exact) mass is 438 g/mol. The first-order chi connectivity index (χ1) is 15.4. The lowest BCUT2D eigenvalue weighted by Gasteiger charge is -2.40. The van der Waals surface area contributed by atoms with E-state index in [9.17, 15) is 9.59 Å². The quantitative estimate of drug-likeness (QED) is 0.732. The Kier molecular flexibility index (Phi) is 6.65.